The fourth-order valence-electron chi connectivity index (χ4n) is 2.05. The molecule has 0 spiro atoms. The van der Waals surface area contributed by atoms with Crippen LogP contribution in [0.2, 0.25) is 0 Å². The van der Waals surface area contributed by atoms with E-state index in [-0.39, 0.29) is 0 Å². The van der Waals surface area contributed by atoms with Gasteiger partial charge in [-0.1, -0.05) is 20.3 Å². The van der Waals surface area contributed by atoms with Crippen molar-refractivity contribution in [2.24, 2.45) is 0 Å². The second kappa shape index (κ2) is 5.33. The smallest absolute Gasteiger partial charge is 0.252 e. The van der Waals surface area contributed by atoms with Crippen LogP contribution in [0.4, 0.5) is 5.82 Å². The maximum Gasteiger partial charge on any atom is 0.252 e. The highest BCUT2D eigenvalue weighted by atomic mass is 16.4. The summed E-state index contributed by atoms with van der Waals surface area (Å²) in [6.45, 7) is 8.05. The van der Waals surface area contributed by atoms with Crippen LogP contribution in [0.5, 0.6) is 0 Å². The first-order valence-electron chi connectivity index (χ1n) is 6.52. The zero-order valence-corrected chi connectivity index (χ0v) is 11.4. The van der Waals surface area contributed by atoms with Gasteiger partial charge in [0.1, 0.15) is 5.82 Å². The van der Waals surface area contributed by atoms with Crippen molar-refractivity contribution in [1.29, 1.82) is 0 Å². The Morgan fingerprint density at radius 2 is 1.94 bits per heavy atom. The Hall–Kier alpha value is -1.65. The van der Waals surface area contributed by atoms with Crippen LogP contribution >= 0.6 is 0 Å². The summed E-state index contributed by atoms with van der Waals surface area (Å²) >= 11 is 0. The lowest BCUT2D eigenvalue weighted by atomic mass is 10.1. The molecule has 18 heavy (non-hydrogen) atoms. The maximum absolute atomic E-state index is 5.46. The molecular weight excluding hydrogens is 228 g/mol. The summed E-state index contributed by atoms with van der Waals surface area (Å²) in [6.07, 6.45) is 3.34. The van der Waals surface area contributed by atoms with Gasteiger partial charge in [-0.2, -0.15) is 4.98 Å². The molecule has 0 amide bonds. The number of anilines is 1. The quantitative estimate of drug-likeness (QED) is 0.880. The Morgan fingerprint density at radius 3 is 2.61 bits per heavy atom. The van der Waals surface area contributed by atoms with Crippen LogP contribution in [-0.4, -0.2) is 21.0 Å². The molecule has 0 unspecified atom stereocenters. The zero-order chi connectivity index (χ0) is 13.1. The summed E-state index contributed by atoms with van der Waals surface area (Å²) < 4.78 is 5.46. The van der Waals surface area contributed by atoms with Crippen molar-refractivity contribution in [2.75, 3.05) is 5.32 Å². The average molecular weight is 248 g/mol. The van der Waals surface area contributed by atoms with E-state index in [1.807, 2.05) is 13.8 Å². The third-order valence-corrected chi connectivity index (χ3v) is 2.95. The van der Waals surface area contributed by atoms with Crippen LogP contribution in [0.25, 0.3) is 11.2 Å². The summed E-state index contributed by atoms with van der Waals surface area (Å²) in [5.74, 6) is 2.11. The van der Waals surface area contributed by atoms with Gasteiger partial charge in [0.15, 0.2) is 17.2 Å². The molecule has 0 saturated heterocycles. The Kier molecular flexibility index (Phi) is 3.79. The zero-order valence-electron chi connectivity index (χ0n) is 11.4. The molecule has 5 heteroatoms. The molecule has 1 atom stereocenters. The van der Waals surface area contributed by atoms with Crippen molar-refractivity contribution in [3.8, 4) is 0 Å². The summed E-state index contributed by atoms with van der Waals surface area (Å²) in [5.41, 5.74) is 1.29. The Morgan fingerprint density at radius 1 is 1.17 bits per heavy atom. The Labute approximate surface area is 107 Å². The normalized spacial score (nSPS) is 12.9. The lowest BCUT2D eigenvalue weighted by molar-refractivity contribution is 0.550. The number of hydrogen-bond donors (Lipinski definition) is 1. The van der Waals surface area contributed by atoms with E-state index in [0.717, 1.165) is 30.6 Å². The first kappa shape index (κ1) is 12.8. The van der Waals surface area contributed by atoms with Crippen molar-refractivity contribution >= 4 is 17.0 Å². The van der Waals surface area contributed by atoms with Crippen molar-refractivity contribution in [2.45, 2.75) is 53.0 Å². The minimum absolute atomic E-state index is 0.421. The average Bonchev–Trinajstić information content (AvgIpc) is 2.68. The van der Waals surface area contributed by atoms with Crippen LogP contribution < -0.4 is 5.32 Å². The molecule has 0 bridgehead atoms. The molecule has 0 fully saturated rings. The first-order valence-corrected chi connectivity index (χ1v) is 6.52. The van der Waals surface area contributed by atoms with Crippen molar-refractivity contribution < 1.29 is 4.42 Å². The van der Waals surface area contributed by atoms with E-state index >= 15 is 0 Å². The highest BCUT2D eigenvalue weighted by Gasteiger charge is 2.14. The monoisotopic (exact) mass is 248 g/mol. The molecule has 0 aromatic carbocycles. The van der Waals surface area contributed by atoms with Crippen LogP contribution in [0, 0.1) is 13.8 Å². The van der Waals surface area contributed by atoms with Gasteiger partial charge >= 0.3 is 0 Å². The molecule has 1 N–H and O–H groups in total. The number of fused-ring (bicyclic) bond motifs is 1. The third kappa shape index (κ3) is 2.60. The van der Waals surface area contributed by atoms with E-state index in [2.05, 4.69) is 34.1 Å². The minimum atomic E-state index is 0.421. The molecule has 0 aliphatic carbocycles. The summed E-state index contributed by atoms with van der Waals surface area (Å²) in [4.78, 5) is 13.0. The van der Waals surface area contributed by atoms with Gasteiger partial charge in [-0.05, 0) is 19.8 Å². The third-order valence-electron chi connectivity index (χ3n) is 2.95. The van der Waals surface area contributed by atoms with Gasteiger partial charge in [-0.15, -0.1) is 0 Å². The maximum atomic E-state index is 5.46. The van der Waals surface area contributed by atoms with E-state index in [9.17, 15) is 0 Å². The molecule has 2 aromatic rings. The van der Waals surface area contributed by atoms with E-state index in [0.29, 0.717) is 23.5 Å². The molecule has 0 saturated carbocycles. The van der Waals surface area contributed by atoms with Crippen LogP contribution in [0.1, 0.15) is 44.8 Å². The fraction of sp³-hybridized carbons (Fsp3) is 0.615. The number of rotatable bonds is 5. The minimum Gasteiger partial charge on any atom is -0.422 e. The number of aryl methyl sites for hydroxylation is 2. The molecule has 0 radical (unpaired) electrons. The van der Waals surface area contributed by atoms with Gasteiger partial charge in [0.05, 0.1) is 0 Å². The van der Waals surface area contributed by atoms with Gasteiger partial charge in [0, 0.05) is 13.0 Å². The molecule has 2 heterocycles. The Bertz CT molecular complexity index is 535. The fourth-order valence-corrected chi connectivity index (χ4v) is 2.05. The molecule has 2 aromatic heterocycles. The van der Waals surface area contributed by atoms with Gasteiger partial charge in [-0.3, -0.25) is 0 Å². The van der Waals surface area contributed by atoms with Gasteiger partial charge in [0.2, 0.25) is 0 Å². The molecule has 2 rings (SSSR count). The van der Waals surface area contributed by atoms with Crippen LogP contribution in [-0.2, 0) is 0 Å². The lowest BCUT2D eigenvalue weighted by Crippen LogP contribution is -2.19. The topological polar surface area (TPSA) is 63.8 Å². The second-order valence-corrected chi connectivity index (χ2v) is 4.54. The second-order valence-electron chi connectivity index (χ2n) is 4.54. The molecule has 0 aliphatic heterocycles. The summed E-state index contributed by atoms with van der Waals surface area (Å²) in [6, 6.07) is 0.421. The SMILES string of the molecule is CCC[C@@H](CC)Nc1nc(C)nc2oc(C)nc12. The van der Waals surface area contributed by atoms with Gasteiger partial charge in [0.25, 0.3) is 5.71 Å². The highest BCUT2D eigenvalue weighted by Crippen LogP contribution is 2.22. The van der Waals surface area contributed by atoms with Gasteiger partial charge < -0.3 is 9.73 Å². The highest BCUT2D eigenvalue weighted by molar-refractivity contribution is 5.81. The van der Waals surface area contributed by atoms with Crippen molar-refractivity contribution in [1.82, 2.24) is 15.0 Å². The summed E-state index contributed by atoms with van der Waals surface area (Å²) in [7, 11) is 0. The van der Waals surface area contributed by atoms with Crippen molar-refractivity contribution in [3.63, 3.8) is 0 Å². The number of aromatic nitrogens is 3. The molecule has 98 valence electrons. The summed E-state index contributed by atoms with van der Waals surface area (Å²) in [5, 5.41) is 3.45. The van der Waals surface area contributed by atoms with Crippen LogP contribution in [0.15, 0.2) is 4.42 Å². The molecule has 5 nitrogen and oxygen atoms in total. The van der Waals surface area contributed by atoms with Crippen molar-refractivity contribution in [3.05, 3.63) is 11.7 Å². The Balaban J connectivity index is 2.36. The lowest BCUT2D eigenvalue weighted by Gasteiger charge is -2.16. The molecule has 0 aliphatic rings. The van der Waals surface area contributed by atoms with E-state index < -0.39 is 0 Å². The van der Waals surface area contributed by atoms with Gasteiger partial charge in [-0.25, -0.2) is 9.97 Å². The number of nitrogens with zero attached hydrogens (tertiary/aromatic N) is 3. The number of hydrogen-bond acceptors (Lipinski definition) is 5. The van der Waals surface area contributed by atoms with E-state index in [4.69, 9.17) is 4.42 Å². The van der Waals surface area contributed by atoms with E-state index in [1.54, 1.807) is 0 Å². The first-order chi connectivity index (χ1) is 8.63. The predicted octanol–water partition coefficient (Wildman–Crippen LogP) is 3.23. The largest absolute Gasteiger partial charge is 0.422 e. The van der Waals surface area contributed by atoms with E-state index in [1.165, 1.54) is 0 Å². The number of nitrogens with one attached hydrogen (secondary N) is 1. The van der Waals surface area contributed by atoms with Crippen LogP contribution in [0.3, 0.4) is 0 Å². The molecular formula is C13H20N4O. The predicted molar refractivity (Wildman–Crippen MR) is 71.7 cm³/mol. The standard InChI is InChI=1S/C13H20N4O/c1-5-7-10(6-2)17-12-11-13(15-8(3)14-12)18-9(4)16-11/h10H,5-7H2,1-4H3,(H,14,15,17)/t10-/m1/s1. The number of oxazole rings is 1.